The minimum absolute atomic E-state index is 0.467. The highest BCUT2D eigenvalue weighted by Gasteiger charge is 2.31. The van der Waals surface area contributed by atoms with Crippen LogP contribution in [0.15, 0.2) is 36.4 Å². The molecule has 20 heavy (non-hydrogen) atoms. The van der Waals surface area contributed by atoms with Crippen molar-refractivity contribution in [2.75, 3.05) is 0 Å². The average Bonchev–Trinajstić information content (AvgIpc) is 2.83. The molecule has 0 fully saturated rings. The molecule has 0 amide bonds. The Morgan fingerprint density at radius 1 is 1.30 bits per heavy atom. The van der Waals surface area contributed by atoms with Crippen molar-refractivity contribution in [1.29, 1.82) is 0 Å². The maximum atomic E-state index is 11.5. The Morgan fingerprint density at radius 2 is 2.05 bits per heavy atom. The fraction of sp³-hybridized carbons (Fsp3) is 0.267. The van der Waals surface area contributed by atoms with E-state index in [1.807, 2.05) is 35.2 Å². The Kier molecular flexibility index (Phi) is 3.78. The zero-order valence-electron chi connectivity index (χ0n) is 10.8. The summed E-state index contributed by atoms with van der Waals surface area (Å²) in [5.74, 6) is -0.762. The number of hydrogen-bond donors (Lipinski definition) is 1. The number of halogens is 1. The second kappa shape index (κ2) is 5.56. The van der Waals surface area contributed by atoms with Gasteiger partial charge in [-0.1, -0.05) is 35.9 Å². The molecule has 1 atom stereocenters. The van der Waals surface area contributed by atoms with Crippen LogP contribution in [0.25, 0.3) is 0 Å². The Hall–Kier alpha value is -1.36. The Bertz CT molecular complexity index is 640. The predicted molar refractivity (Wildman–Crippen MR) is 80.1 cm³/mol. The third kappa shape index (κ3) is 2.73. The summed E-state index contributed by atoms with van der Waals surface area (Å²) >= 11 is 7.45. The number of carboxylic acids is 1. The van der Waals surface area contributed by atoms with Crippen molar-refractivity contribution in [3.63, 3.8) is 0 Å². The van der Waals surface area contributed by atoms with Gasteiger partial charge in [-0.3, -0.25) is 9.69 Å². The molecule has 1 aromatic carbocycles. The van der Waals surface area contributed by atoms with E-state index in [1.54, 1.807) is 0 Å². The predicted octanol–water partition coefficient (Wildman–Crippen LogP) is 3.41. The first-order valence-electron chi connectivity index (χ1n) is 6.41. The maximum absolute atomic E-state index is 11.5. The molecule has 3 nitrogen and oxygen atoms in total. The van der Waals surface area contributed by atoms with Crippen molar-refractivity contribution in [3.05, 3.63) is 56.7 Å². The highest BCUT2D eigenvalue weighted by molar-refractivity contribution is 7.16. The molecular formula is C15H14ClNO2S. The molecule has 2 heterocycles. The summed E-state index contributed by atoms with van der Waals surface area (Å²) in [5, 5.41) is 9.45. The van der Waals surface area contributed by atoms with Gasteiger partial charge in [0.15, 0.2) is 0 Å². The van der Waals surface area contributed by atoms with Gasteiger partial charge in [0.25, 0.3) is 0 Å². The molecule has 1 N–H and O–H groups in total. The van der Waals surface area contributed by atoms with Crippen LogP contribution in [0, 0.1) is 0 Å². The van der Waals surface area contributed by atoms with Crippen molar-refractivity contribution in [2.45, 2.75) is 25.6 Å². The summed E-state index contributed by atoms with van der Waals surface area (Å²) in [4.78, 5) is 14.6. The molecule has 0 saturated carbocycles. The van der Waals surface area contributed by atoms with E-state index in [1.165, 1.54) is 16.9 Å². The number of rotatable bonds is 3. The van der Waals surface area contributed by atoms with E-state index in [2.05, 4.69) is 6.07 Å². The van der Waals surface area contributed by atoms with Crippen molar-refractivity contribution in [1.82, 2.24) is 4.90 Å². The lowest BCUT2D eigenvalue weighted by atomic mass is 9.94. The van der Waals surface area contributed by atoms with Crippen LogP contribution in [-0.4, -0.2) is 22.0 Å². The number of carbonyl (C=O) groups is 1. The van der Waals surface area contributed by atoms with Gasteiger partial charge >= 0.3 is 5.97 Å². The number of carboxylic acid groups (broad SMARTS) is 1. The second-order valence-electron chi connectivity index (χ2n) is 4.94. The van der Waals surface area contributed by atoms with Crippen LogP contribution >= 0.6 is 22.9 Å². The Labute approximate surface area is 126 Å². The summed E-state index contributed by atoms with van der Waals surface area (Å²) in [6, 6.07) is 11.4. The standard InChI is InChI=1S/C15H14ClNO2S/c16-14-6-5-12(20-14)9-17-8-11-4-2-1-3-10(11)7-13(17)15(18)19/h1-6,13H,7-9H2,(H,18,19). The van der Waals surface area contributed by atoms with Crippen LogP contribution in [0.3, 0.4) is 0 Å². The molecule has 0 bridgehead atoms. The first-order valence-corrected chi connectivity index (χ1v) is 7.61. The van der Waals surface area contributed by atoms with E-state index in [0.717, 1.165) is 14.8 Å². The third-order valence-electron chi connectivity index (χ3n) is 3.62. The normalized spacial score (nSPS) is 18.8. The number of fused-ring (bicyclic) bond motifs is 1. The van der Waals surface area contributed by atoms with Gasteiger partial charge < -0.3 is 5.11 Å². The van der Waals surface area contributed by atoms with Gasteiger partial charge in [0.2, 0.25) is 0 Å². The summed E-state index contributed by atoms with van der Waals surface area (Å²) in [5.41, 5.74) is 2.35. The molecule has 1 aliphatic rings. The summed E-state index contributed by atoms with van der Waals surface area (Å²) in [6.07, 6.45) is 0.560. The van der Waals surface area contributed by atoms with Gasteiger partial charge in [-0.2, -0.15) is 0 Å². The molecule has 1 aromatic heterocycles. The Morgan fingerprint density at radius 3 is 2.70 bits per heavy atom. The summed E-state index contributed by atoms with van der Waals surface area (Å²) in [6.45, 7) is 1.30. The van der Waals surface area contributed by atoms with E-state index in [0.29, 0.717) is 19.5 Å². The number of benzene rings is 1. The quantitative estimate of drug-likeness (QED) is 0.944. The van der Waals surface area contributed by atoms with E-state index >= 15 is 0 Å². The number of hydrogen-bond acceptors (Lipinski definition) is 3. The van der Waals surface area contributed by atoms with Gasteiger partial charge in [0.1, 0.15) is 6.04 Å². The minimum Gasteiger partial charge on any atom is -0.480 e. The van der Waals surface area contributed by atoms with Crippen LogP contribution in [0.5, 0.6) is 0 Å². The molecule has 0 radical (unpaired) electrons. The van der Waals surface area contributed by atoms with Gasteiger partial charge in [0.05, 0.1) is 4.34 Å². The van der Waals surface area contributed by atoms with Gasteiger partial charge in [-0.05, 0) is 29.7 Å². The molecule has 5 heteroatoms. The molecule has 0 saturated heterocycles. The fourth-order valence-corrected chi connectivity index (χ4v) is 3.74. The lowest BCUT2D eigenvalue weighted by molar-refractivity contribution is -0.144. The van der Waals surface area contributed by atoms with Gasteiger partial charge in [-0.15, -0.1) is 11.3 Å². The fourth-order valence-electron chi connectivity index (χ4n) is 2.62. The highest BCUT2D eigenvalue weighted by Crippen LogP contribution is 2.28. The van der Waals surface area contributed by atoms with E-state index in [4.69, 9.17) is 11.6 Å². The van der Waals surface area contributed by atoms with Crippen molar-refractivity contribution in [2.24, 2.45) is 0 Å². The van der Waals surface area contributed by atoms with E-state index in [9.17, 15) is 9.90 Å². The molecular weight excluding hydrogens is 294 g/mol. The monoisotopic (exact) mass is 307 g/mol. The third-order valence-corrected chi connectivity index (χ3v) is 4.83. The summed E-state index contributed by atoms with van der Waals surface area (Å²) in [7, 11) is 0. The molecule has 2 aromatic rings. The molecule has 1 aliphatic heterocycles. The van der Waals surface area contributed by atoms with Crippen molar-refractivity contribution in [3.8, 4) is 0 Å². The van der Waals surface area contributed by atoms with Crippen LogP contribution in [0.1, 0.15) is 16.0 Å². The topological polar surface area (TPSA) is 40.5 Å². The summed E-state index contributed by atoms with van der Waals surface area (Å²) < 4.78 is 0.740. The zero-order valence-corrected chi connectivity index (χ0v) is 12.3. The van der Waals surface area contributed by atoms with Gasteiger partial charge in [0, 0.05) is 18.0 Å². The van der Waals surface area contributed by atoms with Gasteiger partial charge in [-0.25, -0.2) is 0 Å². The molecule has 3 rings (SSSR count). The van der Waals surface area contributed by atoms with E-state index in [-0.39, 0.29) is 0 Å². The first-order chi connectivity index (χ1) is 9.63. The lowest BCUT2D eigenvalue weighted by Crippen LogP contribution is -2.44. The smallest absolute Gasteiger partial charge is 0.321 e. The SMILES string of the molecule is O=C(O)C1Cc2ccccc2CN1Cc1ccc(Cl)s1. The van der Waals surface area contributed by atoms with E-state index < -0.39 is 12.0 Å². The van der Waals surface area contributed by atoms with Crippen molar-refractivity contribution >= 4 is 28.9 Å². The second-order valence-corrected chi connectivity index (χ2v) is 6.74. The molecule has 0 spiro atoms. The zero-order chi connectivity index (χ0) is 14.1. The van der Waals surface area contributed by atoms with Crippen molar-refractivity contribution < 1.29 is 9.90 Å². The molecule has 1 unspecified atom stereocenters. The number of aliphatic carboxylic acids is 1. The van der Waals surface area contributed by atoms with Crippen LogP contribution in [0.2, 0.25) is 4.34 Å². The Balaban J connectivity index is 1.86. The molecule has 104 valence electrons. The minimum atomic E-state index is -0.762. The van der Waals surface area contributed by atoms with Crippen LogP contribution in [0.4, 0.5) is 0 Å². The lowest BCUT2D eigenvalue weighted by Gasteiger charge is -2.34. The highest BCUT2D eigenvalue weighted by atomic mass is 35.5. The number of nitrogens with zero attached hydrogens (tertiary/aromatic N) is 1. The molecule has 0 aliphatic carbocycles. The van der Waals surface area contributed by atoms with Crippen LogP contribution < -0.4 is 0 Å². The first kappa shape index (κ1) is 13.6. The average molecular weight is 308 g/mol. The maximum Gasteiger partial charge on any atom is 0.321 e. The van der Waals surface area contributed by atoms with Crippen LogP contribution in [-0.2, 0) is 24.3 Å². The largest absolute Gasteiger partial charge is 0.480 e. The number of thiophene rings is 1.